The van der Waals surface area contributed by atoms with Gasteiger partial charge in [-0.25, -0.2) is 4.98 Å². The molecular weight excluding hydrogens is 248 g/mol. The van der Waals surface area contributed by atoms with E-state index in [0.29, 0.717) is 5.88 Å². The van der Waals surface area contributed by atoms with Crippen molar-refractivity contribution < 1.29 is 4.74 Å². The molecule has 3 rings (SSSR count). The van der Waals surface area contributed by atoms with E-state index >= 15 is 0 Å². The van der Waals surface area contributed by atoms with Crippen LogP contribution in [0.2, 0.25) is 0 Å². The summed E-state index contributed by atoms with van der Waals surface area (Å²) in [5, 5.41) is 3.51. The summed E-state index contributed by atoms with van der Waals surface area (Å²) in [7, 11) is 1.64. The second-order valence-electron chi connectivity index (χ2n) is 5.28. The van der Waals surface area contributed by atoms with Crippen molar-refractivity contribution in [3.05, 3.63) is 59.3 Å². The number of nitrogens with one attached hydrogen (secondary N) is 1. The predicted octanol–water partition coefficient (Wildman–Crippen LogP) is 3.26. The molecule has 0 radical (unpaired) electrons. The highest BCUT2D eigenvalue weighted by atomic mass is 16.5. The topological polar surface area (TPSA) is 34.1 Å². The molecule has 1 aliphatic rings. The maximum Gasteiger partial charge on any atom is 0.213 e. The number of aromatic nitrogens is 1. The normalized spacial score (nSPS) is 14.2. The van der Waals surface area contributed by atoms with Gasteiger partial charge in [0.15, 0.2) is 0 Å². The Bertz CT molecular complexity index is 579. The van der Waals surface area contributed by atoms with Gasteiger partial charge < -0.3 is 10.1 Å². The molecule has 104 valence electrons. The van der Waals surface area contributed by atoms with Gasteiger partial charge in [0, 0.05) is 25.4 Å². The number of nitrogens with zero attached hydrogens (tertiary/aromatic N) is 1. The molecule has 1 fully saturated rings. The quantitative estimate of drug-likeness (QED) is 0.873. The Morgan fingerprint density at radius 2 is 2.05 bits per heavy atom. The molecular formula is C17H20N2O. The Morgan fingerprint density at radius 1 is 1.20 bits per heavy atom. The minimum absolute atomic E-state index is 0.669. The molecule has 0 saturated heterocycles. The molecule has 1 N–H and O–H groups in total. The summed E-state index contributed by atoms with van der Waals surface area (Å²) >= 11 is 0. The summed E-state index contributed by atoms with van der Waals surface area (Å²) in [5.74, 6) is 1.47. The van der Waals surface area contributed by atoms with Gasteiger partial charge in [0.2, 0.25) is 5.88 Å². The van der Waals surface area contributed by atoms with Crippen LogP contribution in [0.25, 0.3) is 0 Å². The van der Waals surface area contributed by atoms with Crippen molar-refractivity contribution >= 4 is 0 Å². The number of rotatable bonds is 6. The molecule has 1 aliphatic carbocycles. The smallest absolute Gasteiger partial charge is 0.213 e. The molecule has 0 atom stereocenters. The van der Waals surface area contributed by atoms with Crippen LogP contribution in [0.15, 0.2) is 42.6 Å². The van der Waals surface area contributed by atoms with Crippen LogP contribution in [0.4, 0.5) is 0 Å². The molecule has 0 amide bonds. The molecule has 0 bridgehead atoms. The van der Waals surface area contributed by atoms with E-state index < -0.39 is 0 Å². The van der Waals surface area contributed by atoms with Gasteiger partial charge in [-0.1, -0.05) is 24.3 Å². The Labute approximate surface area is 120 Å². The molecule has 2 aromatic rings. The van der Waals surface area contributed by atoms with Crippen molar-refractivity contribution in [3.8, 4) is 5.88 Å². The summed E-state index contributed by atoms with van der Waals surface area (Å²) < 4.78 is 5.14. The van der Waals surface area contributed by atoms with Gasteiger partial charge in [-0.3, -0.25) is 0 Å². The molecule has 0 spiro atoms. The zero-order valence-corrected chi connectivity index (χ0v) is 11.8. The number of pyridine rings is 1. The third-order valence-corrected chi connectivity index (χ3v) is 3.73. The van der Waals surface area contributed by atoms with E-state index in [1.807, 2.05) is 12.1 Å². The third-order valence-electron chi connectivity index (χ3n) is 3.73. The lowest BCUT2D eigenvalue weighted by Crippen LogP contribution is -2.14. The van der Waals surface area contributed by atoms with Crippen LogP contribution in [0.5, 0.6) is 5.88 Å². The average Bonchev–Trinajstić information content (AvgIpc) is 3.33. The van der Waals surface area contributed by atoms with Crippen molar-refractivity contribution in [1.82, 2.24) is 10.3 Å². The molecule has 20 heavy (non-hydrogen) atoms. The zero-order chi connectivity index (χ0) is 13.8. The van der Waals surface area contributed by atoms with Gasteiger partial charge in [0.25, 0.3) is 0 Å². The third kappa shape index (κ3) is 3.17. The largest absolute Gasteiger partial charge is 0.481 e. The second kappa shape index (κ2) is 6.06. The summed E-state index contributed by atoms with van der Waals surface area (Å²) in [4.78, 5) is 4.12. The standard InChI is InChI=1S/C17H20N2O/c1-20-17-10-13(8-9-19-17)11-18-12-15-4-2-3-5-16(15)14-6-7-14/h2-5,8-10,14,18H,6-7,11-12H2,1H3. The first kappa shape index (κ1) is 13.1. The van der Waals surface area contributed by atoms with Crippen LogP contribution in [0, 0.1) is 0 Å². The van der Waals surface area contributed by atoms with E-state index in [2.05, 4.69) is 34.6 Å². The lowest BCUT2D eigenvalue weighted by molar-refractivity contribution is 0.397. The summed E-state index contributed by atoms with van der Waals surface area (Å²) in [6, 6.07) is 12.8. The molecule has 1 heterocycles. The molecule has 3 nitrogen and oxygen atoms in total. The second-order valence-corrected chi connectivity index (χ2v) is 5.28. The van der Waals surface area contributed by atoms with E-state index in [-0.39, 0.29) is 0 Å². The number of hydrogen-bond donors (Lipinski definition) is 1. The van der Waals surface area contributed by atoms with Gasteiger partial charge in [0.05, 0.1) is 7.11 Å². The highest BCUT2D eigenvalue weighted by molar-refractivity contribution is 5.33. The van der Waals surface area contributed by atoms with Crippen LogP contribution in [0.1, 0.15) is 35.4 Å². The van der Waals surface area contributed by atoms with Gasteiger partial charge in [-0.05, 0) is 41.5 Å². The minimum atomic E-state index is 0.669. The van der Waals surface area contributed by atoms with Gasteiger partial charge in [-0.2, -0.15) is 0 Å². The van der Waals surface area contributed by atoms with Gasteiger partial charge in [-0.15, -0.1) is 0 Å². The molecule has 0 aliphatic heterocycles. The van der Waals surface area contributed by atoms with Crippen molar-refractivity contribution in [3.63, 3.8) is 0 Å². The minimum Gasteiger partial charge on any atom is -0.481 e. The monoisotopic (exact) mass is 268 g/mol. The predicted molar refractivity (Wildman–Crippen MR) is 79.7 cm³/mol. The first-order chi connectivity index (χ1) is 9.86. The van der Waals surface area contributed by atoms with E-state index in [0.717, 1.165) is 19.0 Å². The van der Waals surface area contributed by atoms with Gasteiger partial charge in [0.1, 0.15) is 0 Å². The molecule has 3 heteroatoms. The summed E-state index contributed by atoms with van der Waals surface area (Å²) in [5.41, 5.74) is 4.14. The Hall–Kier alpha value is -1.87. The highest BCUT2D eigenvalue weighted by Crippen LogP contribution is 2.41. The number of ether oxygens (including phenoxy) is 1. The fraction of sp³-hybridized carbons (Fsp3) is 0.353. The molecule has 1 aromatic heterocycles. The highest BCUT2D eigenvalue weighted by Gasteiger charge is 2.25. The zero-order valence-electron chi connectivity index (χ0n) is 11.8. The van der Waals surface area contributed by atoms with Crippen LogP contribution in [-0.2, 0) is 13.1 Å². The first-order valence-electron chi connectivity index (χ1n) is 7.14. The van der Waals surface area contributed by atoms with Crippen molar-refractivity contribution in [2.45, 2.75) is 31.8 Å². The van der Waals surface area contributed by atoms with E-state index in [4.69, 9.17) is 4.74 Å². The fourth-order valence-electron chi connectivity index (χ4n) is 2.50. The van der Waals surface area contributed by atoms with Crippen LogP contribution in [0.3, 0.4) is 0 Å². The number of benzene rings is 1. The number of hydrogen-bond acceptors (Lipinski definition) is 3. The van der Waals surface area contributed by atoms with E-state index in [1.165, 1.54) is 29.5 Å². The van der Waals surface area contributed by atoms with Crippen LogP contribution in [-0.4, -0.2) is 12.1 Å². The van der Waals surface area contributed by atoms with Crippen LogP contribution >= 0.6 is 0 Å². The first-order valence-corrected chi connectivity index (χ1v) is 7.14. The van der Waals surface area contributed by atoms with Crippen molar-refractivity contribution in [2.75, 3.05) is 7.11 Å². The van der Waals surface area contributed by atoms with E-state index in [9.17, 15) is 0 Å². The van der Waals surface area contributed by atoms with Crippen molar-refractivity contribution in [1.29, 1.82) is 0 Å². The Kier molecular flexibility index (Phi) is 3.97. The maximum absolute atomic E-state index is 5.14. The van der Waals surface area contributed by atoms with Crippen molar-refractivity contribution in [2.24, 2.45) is 0 Å². The lowest BCUT2D eigenvalue weighted by Gasteiger charge is -2.10. The average molecular weight is 268 g/mol. The Morgan fingerprint density at radius 3 is 2.85 bits per heavy atom. The summed E-state index contributed by atoms with van der Waals surface area (Å²) in [6.07, 6.45) is 4.48. The fourth-order valence-corrected chi connectivity index (χ4v) is 2.50. The maximum atomic E-state index is 5.14. The Balaban J connectivity index is 1.59. The van der Waals surface area contributed by atoms with Crippen LogP contribution < -0.4 is 10.1 Å². The number of methoxy groups -OCH3 is 1. The SMILES string of the molecule is COc1cc(CNCc2ccccc2C2CC2)ccn1. The molecule has 0 unspecified atom stereocenters. The van der Waals surface area contributed by atoms with E-state index in [1.54, 1.807) is 13.3 Å². The van der Waals surface area contributed by atoms with Gasteiger partial charge >= 0.3 is 0 Å². The molecule has 1 saturated carbocycles. The molecule has 1 aromatic carbocycles. The lowest BCUT2D eigenvalue weighted by atomic mass is 10.0. The summed E-state index contributed by atoms with van der Waals surface area (Å²) in [6.45, 7) is 1.75.